The standard InChI is InChI=1S/C17H25NO3/c1-3-20-15-11-7-8-12-16(15)21-13-17(19)18(2)14-9-5-4-6-10-14/h7-8,11-12,14H,3-6,9-10,13H2,1-2H3. The van der Waals surface area contributed by atoms with Crippen molar-refractivity contribution in [2.75, 3.05) is 20.3 Å². The number of hydrogen-bond acceptors (Lipinski definition) is 3. The molecule has 21 heavy (non-hydrogen) atoms. The van der Waals surface area contributed by atoms with E-state index in [4.69, 9.17) is 9.47 Å². The monoisotopic (exact) mass is 291 g/mol. The van der Waals surface area contributed by atoms with Gasteiger partial charge in [0.2, 0.25) is 0 Å². The van der Waals surface area contributed by atoms with Crippen LogP contribution in [-0.2, 0) is 4.79 Å². The number of nitrogens with zero attached hydrogens (tertiary/aromatic N) is 1. The number of benzene rings is 1. The summed E-state index contributed by atoms with van der Waals surface area (Å²) >= 11 is 0. The average Bonchev–Trinajstić information content (AvgIpc) is 2.54. The van der Waals surface area contributed by atoms with E-state index in [0.29, 0.717) is 24.1 Å². The van der Waals surface area contributed by atoms with E-state index in [1.165, 1.54) is 19.3 Å². The molecule has 0 saturated heterocycles. The van der Waals surface area contributed by atoms with Crippen molar-refractivity contribution in [3.8, 4) is 11.5 Å². The maximum atomic E-state index is 12.2. The summed E-state index contributed by atoms with van der Waals surface area (Å²) in [5.74, 6) is 1.35. The lowest BCUT2D eigenvalue weighted by Crippen LogP contribution is -2.40. The van der Waals surface area contributed by atoms with E-state index in [2.05, 4.69) is 0 Å². The van der Waals surface area contributed by atoms with Gasteiger partial charge >= 0.3 is 0 Å². The van der Waals surface area contributed by atoms with Gasteiger partial charge in [-0.3, -0.25) is 4.79 Å². The number of amides is 1. The fraction of sp³-hybridized carbons (Fsp3) is 0.588. The molecule has 116 valence electrons. The van der Waals surface area contributed by atoms with Crippen LogP contribution in [-0.4, -0.2) is 37.1 Å². The van der Waals surface area contributed by atoms with Crippen LogP contribution < -0.4 is 9.47 Å². The zero-order valence-electron chi connectivity index (χ0n) is 13.0. The molecular formula is C17H25NO3. The van der Waals surface area contributed by atoms with Crippen LogP contribution in [0.2, 0.25) is 0 Å². The Morgan fingerprint density at radius 2 is 1.76 bits per heavy atom. The van der Waals surface area contributed by atoms with E-state index in [9.17, 15) is 4.79 Å². The highest BCUT2D eigenvalue weighted by Gasteiger charge is 2.22. The first-order chi connectivity index (χ1) is 10.2. The van der Waals surface area contributed by atoms with Gasteiger partial charge in [0.05, 0.1) is 6.61 Å². The molecule has 0 N–H and O–H groups in total. The Kier molecular flexibility index (Phi) is 5.90. The number of carbonyl (C=O) groups excluding carboxylic acids is 1. The molecule has 4 heteroatoms. The molecule has 0 spiro atoms. The molecule has 0 bridgehead atoms. The van der Waals surface area contributed by atoms with Gasteiger partial charge in [-0.25, -0.2) is 0 Å². The van der Waals surface area contributed by atoms with Crippen LogP contribution >= 0.6 is 0 Å². The van der Waals surface area contributed by atoms with Crippen molar-refractivity contribution >= 4 is 5.91 Å². The first-order valence-corrected chi connectivity index (χ1v) is 7.82. The van der Waals surface area contributed by atoms with Crippen molar-refractivity contribution in [2.24, 2.45) is 0 Å². The average molecular weight is 291 g/mol. The van der Waals surface area contributed by atoms with Crippen LogP contribution in [0.1, 0.15) is 39.0 Å². The van der Waals surface area contributed by atoms with Crippen molar-refractivity contribution in [1.29, 1.82) is 0 Å². The molecule has 1 aliphatic rings. The zero-order valence-corrected chi connectivity index (χ0v) is 13.0. The zero-order chi connectivity index (χ0) is 15.1. The molecule has 0 aromatic heterocycles. The number of likely N-dealkylation sites (N-methyl/N-ethyl adjacent to an activating group) is 1. The summed E-state index contributed by atoms with van der Waals surface area (Å²) in [5.41, 5.74) is 0. The van der Waals surface area contributed by atoms with E-state index in [1.807, 2.05) is 43.1 Å². The highest BCUT2D eigenvalue weighted by atomic mass is 16.5. The van der Waals surface area contributed by atoms with E-state index in [-0.39, 0.29) is 12.5 Å². The van der Waals surface area contributed by atoms with Gasteiger partial charge in [0.15, 0.2) is 18.1 Å². The minimum absolute atomic E-state index is 0.0354. The van der Waals surface area contributed by atoms with Crippen LogP contribution in [0.4, 0.5) is 0 Å². The fourth-order valence-electron chi connectivity index (χ4n) is 2.76. The Hall–Kier alpha value is -1.71. The molecule has 4 nitrogen and oxygen atoms in total. The molecule has 0 aliphatic heterocycles. The van der Waals surface area contributed by atoms with Gasteiger partial charge in [-0.05, 0) is 31.9 Å². The Morgan fingerprint density at radius 1 is 1.14 bits per heavy atom. The lowest BCUT2D eigenvalue weighted by atomic mass is 9.94. The van der Waals surface area contributed by atoms with Gasteiger partial charge in [0, 0.05) is 13.1 Å². The molecule has 1 aliphatic carbocycles. The van der Waals surface area contributed by atoms with Crippen LogP contribution in [0.15, 0.2) is 24.3 Å². The predicted molar refractivity (Wildman–Crippen MR) is 82.7 cm³/mol. The Labute approximate surface area is 127 Å². The quantitative estimate of drug-likeness (QED) is 0.807. The Morgan fingerprint density at radius 3 is 2.38 bits per heavy atom. The number of hydrogen-bond donors (Lipinski definition) is 0. The van der Waals surface area contributed by atoms with E-state index >= 15 is 0 Å². The lowest BCUT2D eigenvalue weighted by molar-refractivity contribution is -0.134. The highest BCUT2D eigenvalue weighted by molar-refractivity contribution is 5.77. The largest absolute Gasteiger partial charge is 0.490 e. The van der Waals surface area contributed by atoms with Crippen LogP contribution in [0.25, 0.3) is 0 Å². The maximum Gasteiger partial charge on any atom is 0.260 e. The third-order valence-corrected chi connectivity index (χ3v) is 4.02. The van der Waals surface area contributed by atoms with Gasteiger partial charge in [-0.15, -0.1) is 0 Å². The Balaban J connectivity index is 1.88. The minimum atomic E-state index is 0.0354. The summed E-state index contributed by atoms with van der Waals surface area (Å²) in [5, 5.41) is 0. The normalized spacial score (nSPS) is 15.5. The van der Waals surface area contributed by atoms with Crippen molar-refractivity contribution < 1.29 is 14.3 Å². The SMILES string of the molecule is CCOc1ccccc1OCC(=O)N(C)C1CCCCC1. The van der Waals surface area contributed by atoms with E-state index < -0.39 is 0 Å². The molecule has 0 radical (unpaired) electrons. The van der Waals surface area contributed by atoms with E-state index in [1.54, 1.807) is 0 Å². The molecule has 1 fully saturated rings. The third-order valence-electron chi connectivity index (χ3n) is 4.02. The van der Waals surface area contributed by atoms with Gasteiger partial charge in [-0.2, -0.15) is 0 Å². The lowest BCUT2D eigenvalue weighted by Gasteiger charge is -2.31. The molecule has 1 saturated carbocycles. The molecule has 2 rings (SSSR count). The first-order valence-electron chi connectivity index (χ1n) is 7.82. The van der Waals surface area contributed by atoms with Crippen molar-refractivity contribution in [3.63, 3.8) is 0 Å². The van der Waals surface area contributed by atoms with Crippen molar-refractivity contribution in [2.45, 2.75) is 45.1 Å². The molecule has 0 unspecified atom stereocenters. The first kappa shape index (κ1) is 15.7. The fourth-order valence-corrected chi connectivity index (χ4v) is 2.76. The molecule has 1 amide bonds. The van der Waals surface area contributed by atoms with E-state index in [0.717, 1.165) is 12.8 Å². The third kappa shape index (κ3) is 4.38. The molecular weight excluding hydrogens is 266 g/mol. The summed E-state index contributed by atoms with van der Waals surface area (Å²) in [7, 11) is 1.89. The Bertz CT molecular complexity index is 455. The van der Waals surface area contributed by atoms with Gasteiger partial charge in [-0.1, -0.05) is 31.4 Å². The second-order valence-electron chi connectivity index (χ2n) is 5.46. The van der Waals surface area contributed by atoms with Crippen molar-refractivity contribution in [1.82, 2.24) is 4.90 Å². The number of para-hydroxylation sites is 2. The van der Waals surface area contributed by atoms with Crippen LogP contribution in [0.5, 0.6) is 11.5 Å². The smallest absolute Gasteiger partial charge is 0.260 e. The predicted octanol–water partition coefficient (Wildman–Crippen LogP) is 3.26. The van der Waals surface area contributed by atoms with Crippen molar-refractivity contribution in [3.05, 3.63) is 24.3 Å². The summed E-state index contributed by atoms with van der Waals surface area (Å²) in [6.45, 7) is 2.58. The second-order valence-corrected chi connectivity index (χ2v) is 5.46. The maximum absolute atomic E-state index is 12.2. The van der Waals surface area contributed by atoms with Crippen LogP contribution in [0.3, 0.4) is 0 Å². The number of rotatable bonds is 6. The van der Waals surface area contributed by atoms with Gasteiger partial charge in [0.25, 0.3) is 5.91 Å². The summed E-state index contributed by atoms with van der Waals surface area (Å²) < 4.78 is 11.1. The van der Waals surface area contributed by atoms with Gasteiger partial charge in [0.1, 0.15) is 0 Å². The number of ether oxygens (including phenoxy) is 2. The molecule has 0 atom stereocenters. The summed E-state index contributed by atoms with van der Waals surface area (Å²) in [4.78, 5) is 14.1. The van der Waals surface area contributed by atoms with Gasteiger partial charge < -0.3 is 14.4 Å². The topological polar surface area (TPSA) is 38.8 Å². The van der Waals surface area contributed by atoms with Crippen LogP contribution in [0, 0.1) is 0 Å². The number of carbonyl (C=O) groups is 1. The second kappa shape index (κ2) is 7.91. The minimum Gasteiger partial charge on any atom is -0.490 e. The summed E-state index contributed by atoms with van der Waals surface area (Å²) in [6.07, 6.45) is 5.94. The molecule has 1 aromatic carbocycles. The highest BCUT2D eigenvalue weighted by Crippen LogP contribution is 2.26. The molecule has 0 heterocycles. The summed E-state index contributed by atoms with van der Waals surface area (Å²) in [6, 6.07) is 7.84. The molecule has 1 aromatic rings.